The first-order valence-corrected chi connectivity index (χ1v) is 8.02. The molecule has 0 saturated heterocycles. The van der Waals surface area contributed by atoms with Crippen molar-refractivity contribution in [2.24, 2.45) is 0 Å². The molecule has 1 saturated carbocycles. The maximum absolute atomic E-state index is 12.4. The van der Waals surface area contributed by atoms with E-state index in [1.807, 2.05) is 25.1 Å². The lowest BCUT2D eigenvalue weighted by molar-refractivity contribution is 0.0908. The average molecular weight is 306 g/mol. The van der Waals surface area contributed by atoms with Gasteiger partial charge in [-0.15, -0.1) is 11.6 Å². The Kier molecular flexibility index (Phi) is 4.20. The Balaban J connectivity index is 1.76. The number of halogens is 1. The van der Waals surface area contributed by atoms with Gasteiger partial charge in [-0.25, -0.2) is 0 Å². The molecule has 21 heavy (non-hydrogen) atoms. The van der Waals surface area contributed by atoms with Gasteiger partial charge in [0.2, 0.25) is 0 Å². The summed E-state index contributed by atoms with van der Waals surface area (Å²) in [4.78, 5) is 12.4. The molecule has 1 aromatic heterocycles. The van der Waals surface area contributed by atoms with Crippen LogP contribution in [0.25, 0.3) is 11.0 Å². The Labute approximate surface area is 129 Å². The van der Waals surface area contributed by atoms with Crippen molar-refractivity contribution in [3.63, 3.8) is 0 Å². The van der Waals surface area contributed by atoms with Crippen molar-refractivity contribution < 1.29 is 9.21 Å². The Morgan fingerprint density at radius 2 is 2.05 bits per heavy atom. The summed E-state index contributed by atoms with van der Waals surface area (Å²) < 4.78 is 5.64. The van der Waals surface area contributed by atoms with E-state index in [1.54, 1.807) is 6.07 Å². The van der Waals surface area contributed by atoms with E-state index in [0.717, 1.165) is 42.2 Å². The van der Waals surface area contributed by atoms with Crippen LogP contribution in [0.2, 0.25) is 0 Å². The SMILES string of the molecule is Cc1ccc2oc(C(=O)NC3CCCCCC3Cl)cc2c1. The Morgan fingerprint density at radius 3 is 2.90 bits per heavy atom. The molecule has 0 bridgehead atoms. The van der Waals surface area contributed by atoms with Crippen molar-refractivity contribution >= 4 is 28.5 Å². The van der Waals surface area contributed by atoms with Gasteiger partial charge in [-0.05, 0) is 38.0 Å². The summed E-state index contributed by atoms with van der Waals surface area (Å²) in [6.45, 7) is 2.02. The number of aryl methyl sites for hydroxylation is 1. The van der Waals surface area contributed by atoms with Crippen LogP contribution < -0.4 is 5.32 Å². The largest absolute Gasteiger partial charge is 0.451 e. The van der Waals surface area contributed by atoms with Gasteiger partial charge in [0.15, 0.2) is 5.76 Å². The molecule has 1 amide bonds. The van der Waals surface area contributed by atoms with Crippen LogP contribution in [0.5, 0.6) is 0 Å². The summed E-state index contributed by atoms with van der Waals surface area (Å²) in [6, 6.07) is 7.74. The predicted octanol–water partition coefficient (Wildman–Crippen LogP) is 4.41. The van der Waals surface area contributed by atoms with Crippen LogP contribution in [-0.2, 0) is 0 Å². The predicted molar refractivity (Wildman–Crippen MR) is 84.9 cm³/mol. The molecule has 0 aliphatic heterocycles. The molecule has 1 fully saturated rings. The molecule has 1 aromatic carbocycles. The van der Waals surface area contributed by atoms with E-state index in [0.29, 0.717) is 5.76 Å². The highest BCUT2D eigenvalue weighted by Crippen LogP contribution is 2.24. The monoisotopic (exact) mass is 305 g/mol. The molecule has 2 aromatic rings. The molecule has 112 valence electrons. The lowest BCUT2D eigenvalue weighted by atomic mass is 10.1. The molecule has 2 atom stereocenters. The van der Waals surface area contributed by atoms with Gasteiger partial charge in [0.1, 0.15) is 5.58 Å². The Morgan fingerprint density at radius 1 is 1.24 bits per heavy atom. The van der Waals surface area contributed by atoms with E-state index < -0.39 is 0 Å². The second-order valence-electron chi connectivity index (χ2n) is 5.89. The number of alkyl halides is 1. The fourth-order valence-corrected chi connectivity index (χ4v) is 3.28. The zero-order valence-corrected chi connectivity index (χ0v) is 13.0. The van der Waals surface area contributed by atoms with E-state index >= 15 is 0 Å². The zero-order chi connectivity index (χ0) is 14.8. The number of rotatable bonds is 2. The number of benzene rings is 1. The van der Waals surface area contributed by atoms with Crippen molar-refractivity contribution in [2.75, 3.05) is 0 Å². The van der Waals surface area contributed by atoms with Crippen molar-refractivity contribution in [2.45, 2.75) is 50.4 Å². The molecule has 0 radical (unpaired) electrons. The number of fused-ring (bicyclic) bond motifs is 1. The van der Waals surface area contributed by atoms with Crippen LogP contribution in [-0.4, -0.2) is 17.3 Å². The summed E-state index contributed by atoms with van der Waals surface area (Å²) in [5.74, 6) is 0.199. The first-order valence-electron chi connectivity index (χ1n) is 7.58. The van der Waals surface area contributed by atoms with Gasteiger partial charge in [-0.3, -0.25) is 4.79 Å². The third kappa shape index (κ3) is 3.24. The minimum atomic E-state index is -0.165. The second kappa shape index (κ2) is 6.10. The van der Waals surface area contributed by atoms with E-state index in [4.69, 9.17) is 16.0 Å². The first-order chi connectivity index (χ1) is 10.1. The maximum Gasteiger partial charge on any atom is 0.287 e. The van der Waals surface area contributed by atoms with Crippen LogP contribution in [0.15, 0.2) is 28.7 Å². The smallest absolute Gasteiger partial charge is 0.287 e. The highest BCUT2D eigenvalue weighted by atomic mass is 35.5. The van der Waals surface area contributed by atoms with Crippen LogP contribution >= 0.6 is 11.6 Å². The number of carbonyl (C=O) groups excluding carboxylic acids is 1. The fraction of sp³-hybridized carbons (Fsp3) is 0.471. The number of amides is 1. The Hall–Kier alpha value is -1.48. The number of nitrogens with one attached hydrogen (secondary N) is 1. The molecule has 1 N–H and O–H groups in total. The summed E-state index contributed by atoms with van der Waals surface area (Å²) in [5.41, 5.74) is 1.90. The summed E-state index contributed by atoms with van der Waals surface area (Å²) >= 11 is 6.37. The standard InChI is InChI=1S/C17H20ClNO2/c1-11-7-8-15-12(9-11)10-16(21-15)17(20)19-14-6-4-2-3-5-13(14)18/h7-10,13-14H,2-6H2,1H3,(H,19,20). The minimum absolute atomic E-state index is 0.0167. The lowest BCUT2D eigenvalue weighted by Gasteiger charge is -2.20. The number of hydrogen-bond donors (Lipinski definition) is 1. The Bertz CT molecular complexity index is 649. The highest BCUT2D eigenvalue weighted by molar-refractivity contribution is 6.21. The third-order valence-electron chi connectivity index (χ3n) is 4.14. The topological polar surface area (TPSA) is 42.2 Å². The van der Waals surface area contributed by atoms with Crippen LogP contribution in [0.4, 0.5) is 0 Å². The van der Waals surface area contributed by atoms with Crippen LogP contribution in [0.1, 0.15) is 48.2 Å². The van der Waals surface area contributed by atoms with Crippen molar-refractivity contribution in [1.29, 1.82) is 0 Å². The third-order valence-corrected chi connectivity index (χ3v) is 4.67. The first kappa shape index (κ1) is 14.5. The van der Waals surface area contributed by atoms with Gasteiger partial charge in [0.25, 0.3) is 5.91 Å². The molecule has 1 aliphatic rings. The highest BCUT2D eigenvalue weighted by Gasteiger charge is 2.24. The van der Waals surface area contributed by atoms with E-state index in [-0.39, 0.29) is 17.3 Å². The van der Waals surface area contributed by atoms with E-state index in [9.17, 15) is 4.79 Å². The van der Waals surface area contributed by atoms with Crippen molar-refractivity contribution in [1.82, 2.24) is 5.32 Å². The summed E-state index contributed by atoms with van der Waals surface area (Å²) in [5, 5.41) is 4.01. The molecule has 1 aliphatic carbocycles. The second-order valence-corrected chi connectivity index (χ2v) is 6.45. The van der Waals surface area contributed by atoms with Gasteiger partial charge >= 0.3 is 0 Å². The van der Waals surface area contributed by atoms with Crippen molar-refractivity contribution in [3.05, 3.63) is 35.6 Å². The van der Waals surface area contributed by atoms with E-state index in [2.05, 4.69) is 5.32 Å². The molecule has 3 nitrogen and oxygen atoms in total. The van der Waals surface area contributed by atoms with Crippen LogP contribution in [0, 0.1) is 6.92 Å². The van der Waals surface area contributed by atoms with Crippen LogP contribution in [0.3, 0.4) is 0 Å². The minimum Gasteiger partial charge on any atom is -0.451 e. The van der Waals surface area contributed by atoms with Crippen molar-refractivity contribution in [3.8, 4) is 0 Å². The molecular formula is C17H20ClNO2. The van der Waals surface area contributed by atoms with Gasteiger partial charge in [0, 0.05) is 11.4 Å². The normalized spacial score (nSPS) is 23.0. The van der Waals surface area contributed by atoms with Gasteiger partial charge in [-0.2, -0.15) is 0 Å². The van der Waals surface area contributed by atoms with E-state index in [1.165, 1.54) is 6.42 Å². The van der Waals surface area contributed by atoms with Gasteiger partial charge < -0.3 is 9.73 Å². The molecule has 0 spiro atoms. The molecule has 1 heterocycles. The summed E-state index contributed by atoms with van der Waals surface area (Å²) in [7, 11) is 0. The molecular weight excluding hydrogens is 286 g/mol. The zero-order valence-electron chi connectivity index (χ0n) is 12.2. The fourth-order valence-electron chi connectivity index (χ4n) is 2.94. The van der Waals surface area contributed by atoms with Gasteiger partial charge in [0.05, 0.1) is 5.38 Å². The molecule has 3 rings (SSSR count). The molecule has 2 unspecified atom stereocenters. The number of hydrogen-bond acceptors (Lipinski definition) is 2. The average Bonchev–Trinajstić information content (AvgIpc) is 2.78. The van der Waals surface area contributed by atoms with Gasteiger partial charge in [-0.1, -0.05) is 30.9 Å². The number of furan rings is 1. The quantitative estimate of drug-likeness (QED) is 0.659. The maximum atomic E-state index is 12.4. The lowest BCUT2D eigenvalue weighted by Crippen LogP contribution is -2.40. The number of carbonyl (C=O) groups is 1. The molecule has 4 heteroatoms. The summed E-state index contributed by atoms with van der Waals surface area (Å²) in [6.07, 6.45) is 5.36.